The maximum Gasteiger partial charge on any atom is 0.303 e. The van der Waals surface area contributed by atoms with Crippen molar-refractivity contribution in [2.24, 2.45) is 0 Å². The average molecular weight is 150 g/mol. The summed E-state index contributed by atoms with van der Waals surface area (Å²) in [5, 5.41) is 8.07. The van der Waals surface area contributed by atoms with Gasteiger partial charge in [0.1, 0.15) is 0 Å². The first-order valence-corrected chi connectivity index (χ1v) is 2.92. The van der Waals surface area contributed by atoms with E-state index in [1.54, 1.807) is 0 Å². The zero-order valence-electron chi connectivity index (χ0n) is 4.13. The van der Waals surface area contributed by atoms with E-state index in [1.807, 2.05) is 0 Å². The van der Waals surface area contributed by atoms with Gasteiger partial charge in [-0.3, -0.25) is 4.79 Å². The summed E-state index contributed by atoms with van der Waals surface area (Å²) in [7, 11) is 0. The summed E-state index contributed by atoms with van der Waals surface area (Å²) >= 11 is 8.26. The van der Waals surface area contributed by atoms with Crippen LogP contribution in [0.25, 0.3) is 0 Å². The molecular formula is C4H6O2S2. The van der Waals surface area contributed by atoms with Crippen LogP contribution in [0.2, 0.25) is 0 Å². The van der Waals surface area contributed by atoms with Crippen LogP contribution in [0.1, 0.15) is 12.8 Å². The Kier molecular flexibility index (Phi) is 3.81. The van der Waals surface area contributed by atoms with Crippen LogP contribution >= 0.6 is 24.8 Å². The predicted octanol–water partition coefficient (Wildman–Crippen LogP) is 1.11. The molecule has 2 nitrogen and oxygen atoms in total. The van der Waals surface area contributed by atoms with Gasteiger partial charge < -0.3 is 5.11 Å². The second-order valence-corrected chi connectivity index (χ2v) is 2.62. The molecule has 0 heterocycles. The van der Waals surface area contributed by atoms with E-state index in [0.29, 0.717) is 10.6 Å². The number of carboxylic acid groups (broad SMARTS) is 1. The average Bonchev–Trinajstić information content (AvgIpc) is 1.61. The normalized spacial score (nSPS) is 8.62. The molecule has 8 heavy (non-hydrogen) atoms. The highest BCUT2D eigenvalue weighted by atomic mass is 32.1. The van der Waals surface area contributed by atoms with Crippen LogP contribution in [-0.2, 0) is 4.79 Å². The quantitative estimate of drug-likeness (QED) is 0.467. The van der Waals surface area contributed by atoms with Gasteiger partial charge in [-0.25, -0.2) is 0 Å². The van der Waals surface area contributed by atoms with Crippen molar-refractivity contribution in [3.63, 3.8) is 0 Å². The van der Waals surface area contributed by atoms with E-state index in [4.69, 9.17) is 5.11 Å². The number of carbonyl (C=O) groups is 1. The van der Waals surface area contributed by atoms with Crippen LogP contribution in [0.4, 0.5) is 0 Å². The fourth-order valence-corrected chi connectivity index (χ4v) is 0.428. The van der Waals surface area contributed by atoms with Gasteiger partial charge in [0.15, 0.2) is 0 Å². The van der Waals surface area contributed by atoms with Gasteiger partial charge in [-0.15, -0.1) is 12.6 Å². The topological polar surface area (TPSA) is 37.3 Å². The Labute approximate surface area is 58.3 Å². The van der Waals surface area contributed by atoms with Crippen LogP contribution in [0.3, 0.4) is 0 Å². The van der Waals surface area contributed by atoms with Gasteiger partial charge in [-0.2, -0.15) is 0 Å². The van der Waals surface area contributed by atoms with Crippen molar-refractivity contribution in [1.29, 1.82) is 0 Å². The Hall–Kier alpha value is -0.0900. The molecule has 0 spiro atoms. The van der Waals surface area contributed by atoms with E-state index in [2.05, 4.69) is 24.8 Å². The fraction of sp³-hybridized carbons (Fsp3) is 0.500. The Morgan fingerprint density at radius 2 is 2.12 bits per heavy atom. The van der Waals surface area contributed by atoms with Crippen molar-refractivity contribution in [1.82, 2.24) is 0 Å². The zero-order chi connectivity index (χ0) is 6.57. The molecule has 0 saturated heterocycles. The molecule has 1 N–H and O–H groups in total. The Morgan fingerprint density at radius 1 is 1.62 bits per heavy atom. The highest BCUT2D eigenvalue weighted by Crippen LogP contribution is 1.95. The second-order valence-electron chi connectivity index (χ2n) is 1.29. The number of hydrogen-bond acceptors (Lipinski definition) is 2. The van der Waals surface area contributed by atoms with Gasteiger partial charge in [-0.05, 0) is 6.42 Å². The Balaban J connectivity index is 3.18. The van der Waals surface area contributed by atoms with Crippen molar-refractivity contribution < 1.29 is 9.90 Å². The molecule has 0 aromatic heterocycles. The summed E-state index contributed by atoms with van der Waals surface area (Å²) in [4.78, 5) is 9.81. The molecule has 0 radical (unpaired) electrons. The van der Waals surface area contributed by atoms with E-state index in [-0.39, 0.29) is 6.42 Å². The molecule has 0 rings (SSSR count). The molecule has 0 atom stereocenters. The third-order valence-corrected chi connectivity index (χ3v) is 0.980. The lowest BCUT2D eigenvalue weighted by Crippen LogP contribution is -1.95. The molecule has 0 aliphatic heterocycles. The summed E-state index contributed by atoms with van der Waals surface area (Å²) in [5.41, 5.74) is 0. The van der Waals surface area contributed by atoms with Crippen LogP contribution < -0.4 is 0 Å². The van der Waals surface area contributed by atoms with Crippen molar-refractivity contribution in [3.8, 4) is 0 Å². The lowest BCUT2D eigenvalue weighted by Gasteiger charge is -1.88. The third-order valence-electron chi connectivity index (χ3n) is 0.553. The minimum Gasteiger partial charge on any atom is -0.481 e. The van der Waals surface area contributed by atoms with E-state index >= 15 is 0 Å². The van der Waals surface area contributed by atoms with Crippen LogP contribution in [-0.4, -0.2) is 15.3 Å². The molecule has 0 unspecified atom stereocenters. The summed E-state index contributed by atoms with van der Waals surface area (Å²) in [6, 6.07) is 0. The summed E-state index contributed by atoms with van der Waals surface area (Å²) in [6.07, 6.45) is 0.468. The van der Waals surface area contributed by atoms with Crippen LogP contribution in [0, 0.1) is 0 Å². The first-order valence-electron chi connectivity index (χ1n) is 2.06. The Morgan fingerprint density at radius 3 is 2.25 bits per heavy atom. The maximum absolute atomic E-state index is 9.81. The molecule has 0 aromatic carbocycles. The molecule has 0 bridgehead atoms. The van der Waals surface area contributed by atoms with E-state index in [0.717, 1.165) is 0 Å². The van der Waals surface area contributed by atoms with Crippen molar-refractivity contribution in [2.45, 2.75) is 12.8 Å². The van der Waals surface area contributed by atoms with Crippen molar-refractivity contribution in [2.75, 3.05) is 0 Å². The number of thiol groups is 1. The molecule has 46 valence electrons. The smallest absolute Gasteiger partial charge is 0.303 e. The van der Waals surface area contributed by atoms with Gasteiger partial charge in [0.2, 0.25) is 0 Å². The highest BCUT2D eigenvalue weighted by molar-refractivity contribution is 8.11. The van der Waals surface area contributed by atoms with E-state index < -0.39 is 5.97 Å². The first kappa shape index (κ1) is 7.91. The fourth-order valence-electron chi connectivity index (χ4n) is 0.214. The molecule has 0 aliphatic carbocycles. The second kappa shape index (κ2) is 3.86. The van der Waals surface area contributed by atoms with Gasteiger partial charge in [-0.1, -0.05) is 12.2 Å². The molecule has 0 aliphatic rings. The standard InChI is InChI=1S/C4H6O2S2/c5-3(6)1-2-4(7)8/h1-2H2,(H,5,6)(H,7,8). The molecule has 0 saturated carbocycles. The number of aliphatic carboxylic acids is 1. The first-order chi connectivity index (χ1) is 3.63. The van der Waals surface area contributed by atoms with Crippen LogP contribution in [0.15, 0.2) is 0 Å². The SMILES string of the molecule is O=C(O)CCC(=S)S. The summed E-state index contributed by atoms with van der Waals surface area (Å²) in [6.45, 7) is 0. The minimum atomic E-state index is -0.832. The van der Waals surface area contributed by atoms with Gasteiger partial charge in [0.25, 0.3) is 0 Å². The summed E-state index contributed by atoms with van der Waals surface area (Å²) < 4.78 is 0.451. The van der Waals surface area contributed by atoms with Gasteiger partial charge in [0, 0.05) is 4.20 Å². The maximum atomic E-state index is 9.81. The monoisotopic (exact) mass is 150 g/mol. The molecule has 4 heteroatoms. The molecule has 0 aromatic rings. The minimum absolute atomic E-state index is 0.0856. The number of hydrogen-bond donors (Lipinski definition) is 2. The van der Waals surface area contributed by atoms with Gasteiger partial charge in [0.05, 0.1) is 6.42 Å². The molecular weight excluding hydrogens is 144 g/mol. The van der Waals surface area contributed by atoms with E-state index in [1.165, 1.54) is 0 Å². The van der Waals surface area contributed by atoms with E-state index in [9.17, 15) is 4.79 Å². The third kappa shape index (κ3) is 5.91. The summed E-state index contributed by atoms with van der Waals surface area (Å²) in [5.74, 6) is -0.832. The van der Waals surface area contributed by atoms with Gasteiger partial charge >= 0.3 is 5.97 Å². The van der Waals surface area contributed by atoms with Crippen LogP contribution in [0.5, 0.6) is 0 Å². The largest absolute Gasteiger partial charge is 0.481 e. The lowest BCUT2D eigenvalue weighted by molar-refractivity contribution is -0.136. The zero-order valence-corrected chi connectivity index (χ0v) is 5.84. The predicted molar refractivity (Wildman–Crippen MR) is 38.5 cm³/mol. The van der Waals surface area contributed by atoms with Crippen molar-refractivity contribution >= 4 is 35.0 Å². The molecule has 0 fully saturated rings. The number of carboxylic acids is 1. The number of thiocarbonyl (C=S) groups is 1. The lowest BCUT2D eigenvalue weighted by atomic mass is 10.3. The Bertz CT molecular complexity index is 96.6. The molecule has 0 amide bonds. The number of rotatable bonds is 3. The highest BCUT2D eigenvalue weighted by Gasteiger charge is 1.95. The van der Waals surface area contributed by atoms with Crippen molar-refractivity contribution in [3.05, 3.63) is 0 Å².